The van der Waals surface area contributed by atoms with Gasteiger partial charge in [-0.05, 0) is 24.8 Å². The minimum absolute atomic E-state index is 0.0271. The molecular weight excluding hydrogens is 306 g/mol. The first kappa shape index (κ1) is 17.5. The van der Waals surface area contributed by atoms with Gasteiger partial charge in [-0.15, -0.1) is 0 Å². The highest BCUT2D eigenvalue weighted by Crippen LogP contribution is 2.29. The first-order chi connectivity index (χ1) is 10.8. The fourth-order valence-electron chi connectivity index (χ4n) is 2.15. The van der Waals surface area contributed by atoms with E-state index in [9.17, 15) is 13.6 Å². The number of ether oxygens (including phenoxy) is 1. The van der Waals surface area contributed by atoms with Crippen LogP contribution in [0.4, 0.5) is 8.78 Å². The maximum atomic E-state index is 13.0. The first-order valence-electron chi connectivity index (χ1n) is 7.71. The quantitative estimate of drug-likeness (QED) is 0.572. The molecule has 0 bridgehead atoms. The Morgan fingerprint density at radius 1 is 1.35 bits per heavy atom. The van der Waals surface area contributed by atoms with Crippen molar-refractivity contribution in [1.82, 2.24) is 4.90 Å². The molecule has 0 aromatic rings. The van der Waals surface area contributed by atoms with Crippen LogP contribution < -0.4 is 5.73 Å². The second kappa shape index (κ2) is 7.63. The minimum atomic E-state index is -2.63. The normalized spacial score (nSPS) is 22.3. The molecule has 1 heterocycles. The number of amidine groups is 1. The van der Waals surface area contributed by atoms with Gasteiger partial charge in [0.2, 0.25) is 5.90 Å². The van der Waals surface area contributed by atoms with Gasteiger partial charge in [-0.25, -0.2) is 8.78 Å². The summed E-state index contributed by atoms with van der Waals surface area (Å²) in [5.74, 6) is -2.63. The van der Waals surface area contributed by atoms with Crippen LogP contribution in [0.15, 0.2) is 17.1 Å². The number of carbonyl (C=O) groups excluding carboxylic acids is 1. The maximum absolute atomic E-state index is 13.0. The lowest BCUT2D eigenvalue weighted by Crippen LogP contribution is -2.41. The standard InChI is InChI=1S/C15H22F2N4O2/c16-15(17)5-7-21(8-6-15)9-14(22)20-12(18)3-4-13(19)23-10-11-1-2-11/h3-4,11,19H,1-2,5-10H2,(H2,18,20,22)/b4-3-,19-13?. The summed E-state index contributed by atoms with van der Waals surface area (Å²) in [6.07, 6.45) is 4.46. The number of piperidine rings is 1. The van der Waals surface area contributed by atoms with E-state index in [1.54, 1.807) is 4.90 Å². The van der Waals surface area contributed by atoms with Crippen LogP contribution in [-0.4, -0.2) is 54.7 Å². The third-order valence-electron chi connectivity index (χ3n) is 3.78. The van der Waals surface area contributed by atoms with Crippen LogP contribution in [0.5, 0.6) is 0 Å². The fourth-order valence-corrected chi connectivity index (χ4v) is 2.15. The van der Waals surface area contributed by atoms with Crippen molar-refractivity contribution in [3.8, 4) is 0 Å². The predicted octanol–water partition coefficient (Wildman–Crippen LogP) is 1.56. The van der Waals surface area contributed by atoms with Crippen molar-refractivity contribution >= 4 is 17.6 Å². The van der Waals surface area contributed by atoms with Crippen molar-refractivity contribution < 1.29 is 18.3 Å². The number of hydrogen-bond acceptors (Lipinski definition) is 4. The number of nitrogens with one attached hydrogen (secondary N) is 1. The summed E-state index contributed by atoms with van der Waals surface area (Å²) >= 11 is 0. The zero-order chi connectivity index (χ0) is 16.9. The van der Waals surface area contributed by atoms with Gasteiger partial charge < -0.3 is 10.5 Å². The maximum Gasteiger partial charge on any atom is 0.261 e. The lowest BCUT2D eigenvalue weighted by molar-refractivity contribution is -0.121. The van der Waals surface area contributed by atoms with E-state index in [0.717, 1.165) is 12.8 Å². The highest BCUT2D eigenvalue weighted by molar-refractivity contribution is 6.03. The molecule has 0 aromatic heterocycles. The summed E-state index contributed by atoms with van der Waals surface area (Å²) < 4.78 is 31.2. The molecule has 2 fully saturated rings. The van der Waals surface area contributed by atoms with Gasteiger partial charge in [0.25, 0.3) is 11.8 Å². The van der Waals surface area contributed by atoms with Gasteiger partial charge in [0.05, 0.1) is 13.2 Å². The summed E-state index contributed by atoms with van der Waals surface area (Å²) in [4.78, 5) is 17.0. The van der Waals surface area contributed by atoms with Gasteiger partial charge in [0, 0.05) is 32.0 Å². The fraction of sp³-hybridized carbons (Fsp3) is 0.667. The summed E-state index contributed by atoms with van der Waals surface area (Å²) in [6, 6.07) is 0. The van der Waals surface area contributed by atoms with E-state index < -0.39 is 11.8 Å². The second-order valence-corrected chi connectivity index (χ2v) is 6.01. The van der Waals surface area contributed by atoms with Gasteiger partial charge in [-0.3, -0.25) is 15.1 Å². The number of amides is 1. The highest BCUT2D eigenvalue weighted by Gasteiger charge is 2.34. The van der Waals surface area contributed by atoms with Gasteiger partial charge in [0.15, 0.2) is 0 Å². The number of likely N-dealkylation sites (tertiary alicyclic amines) is 1. The molecule has 128 valence electrons. The Morgan fingerprint density at radius 2 is 2.00 bits per heavy atom. The molecular formula is C15H22F2N4O2. The van der Waals surface area contributed by atoms with Gasteiger partial charge in [-0.1, -0.05) is 0 Å². The SMILES string of the molecule is N=C(/C=C\C(N)=NC(=O)CN1CCC(F)(F)CC1)OCC1CC1. The molecule has 8 heteroatoms. The molecule has 0 atom stereocenters. The number of hydrogen-bond donors (Lipinski definition) is 2. The predicted molar refractivity (Wildman–Crippen MR) is 82.8 cm³/mol. The molecule has 1 aliphatic heterocycles. The Balaban J connectivity index is 1.71. The van der Waals surface area contributed by atoms with Crippen LogP contribution in [0, 0.1) is 11.3 Å². The van der Waals surface area contributed by atoms with Crippen LogP contribution in [0.1, 0.15) is 25.7 Å². The van der Waals surface area contributed by atoms with Crippen molar-refractivity contribution in [1.29, 1.82) is 5.41 Å². The minimum Gasteiger partial charge on any atom is -0.478 e. The molecule has 23 heavy (non-hydrogen) atoms. The van der Waals surface area contributed by atoms with E-state index in [4.69, 9.17) is 15.9 Å². The molecule has 2 rings (SSSR count). The van der Waals surface area contributed by atoms with Crippen molar-refractivity contribution in [2.45, 2.75) is 31.6 Å². The number of alkyl halides is 2. The summed E-state index contributed by atoms with van der Waals surface area (Å²) in [7, 11) is 0. The zero-order valence-corrected chi connectivity index (χ0v) is 12.9. The lowest BCUT2D eigenvalue weighted by Gasteiger charge is -2.30. The summed E-state index contributed by atoms with van der Waals surface area (Å²) in [5.41, 5.74) is 5.59. The van der Waals surface area contributed by atoms with E-state index in [1.165, 1.54) is 12.2 Å². The third-order valence-corrected chi connectivity index (χ3v) is 3.78. The van der Waals surface area contributed by atoms with E-state index in [2.05, 4.69) is 4.99 Å². The Bertz CT molecular complexity index is 506. The van der Waals surface area contributed by atoms with Crippen LogP contribution in [-0.2, 0) is 9.53 Å². The van der Waals surface area contributed by atoms with Gasteiger partial charge in [-0.2, -0.15) is 4.99 Å². The van der Waals surface area contributed by atoms with Gasteiger partial charge in [0.1, 0.15) is 5.84 Å². The number of nitrogens with two attached hydrogens (primary N) is 1. The van der Waals surface area contributed by atoms with Crippen molar-refractivity contribution in [3.63, 3.8) is 0 Å². The van der Waals surface area contributed by atoms with Crippen LogP contribution >= 0.6 is 0 Å². The molecule has 1 amide bonds. The van der Waals surface area contributed by atoms with E-state index in [0.29, 0.717) is 12.5 Å². The monoisotopic (exact) mass is 328 g/mol. The number of nitrogens with zero attached hydrogens (tertiary/aromatic N) is 2. The average Bonchev–Trinajstić information content (AvgIpc) is 3.29. The average molecular weight is 328 g/mol. The molecule has 2 aliphatic rings. The molecule has 1 saturated carbocycles. The smallest absolute Gasteiger partial charge is 0.261 e. The summed E-state index contributed by atoms with van der Waals surface area (Å²) in [6.45, 7) is 0.840. The van der Waals surface area contributed by atoms with E-state index in [1.807, 2.05) is 0 Å². The second-order valence-electron chi connectivity index (χ2n) is 6.01. The van der Waals surface area contributed by atoms with Crippen molar-refractivity contribution in [3.05, 3.63) is 12.2 Å². The van der Waals surface area contributed by atoms with Crippen LogP contribution in [0.2, 0.25) is 0 Å². The number of halogens is 2. The summed E-state index contributed by atoms with van der Waals surface area (Å²) in [5, 5.41) is 7.54. The van der Waals surface area contributed by atoms with Crippen LogP contribution in [0.25, 0.3) is 0 Å². The molecule has 3 N–H and O–H groups in total. The zero-order valence-electron chi connectivity index (χ0n) is 12.9. The molecule has 1 saturated heterocycles. The molecule has 6 nitrogen and oxygen atoms in total. The van der Waals surface area contributed by atoms with Crippen molar-refractivity contribution in [2.75, 3.05) is 26.2 Å². The Hall–Kier alpha value is -1.83. The number of rotatable bonds is 6. The molecule has 0 spiro atoms. The lowest BCUT2D eigenvalue weighted by atomic mass is 10.1. The number of carbonyl (C=O) groups is 1. The largest absolute Gasteiger partial charge is 0.478 e. The third kappa shape index (κ3) is 6.85. The van der Waals surface area contributed by atoms with Crippen LogP contribution in [0.3, 0.4) is 0 Å². The first-order valence-corrected chi connectivity index (χ1v) is 7.71. The van der Waals surface area contributed by atoms with E-state index in [-0.39, 0.29) is 44.2 Å². The Kier molecular flexibility index (Phi) is 5.81. The molecule has 0 unspecified atom stereocenters. The Morgan fingerprint density at radius 3 is 2.61 bits per heavy atom. The molecule has 0 aromatic carbocycles. The highest BCUT2D eigenvalue weighted by atomic mass is 19.3. The van der Waals surface area contributed by atoms with Crippen molar-refractivity contribution in [2.24, 2.45) is 16.6 Å². The van der Waals surface area contributed by atoms with Gasteiger partial charge >= 0.3 is 0 Å². The number of aliphatic imine (C=N–C) groups is 1. The topological polar surface area (TPSA) is 91.8 Å². The molecule has 0 radical (unpaired) electrons. The van der Waals surface area contributed by atoms with E-state index >= 15 is 0 Å². The Labute approximate surface area is 133 Å². The molecule has 1 aliphatic carbocycles.